The van der Waals surface area contributed by atoms with Crippen LogP contribution in [-0.2, 0) is 11.2 Å². The third-order valence-electron chi connectivity index (χ3n) is 2.28. The molecule has 0 bridgehead atoms. The summed E-state index contributed by atoms with van der Waals surface area (Å²) >= 11 is 0. The summed E-state index contributed by atoms with van der Waals surface area (Å²) in [4.78, 5) is 10.7. The van der Waals surface area contributed by atoms with Crippen LogP contribution in [0.1, 0.15) is 5.56 Å². The maximum atomic E-state index is 10.7. The maximum absolute atomic E-state index is 10.7. The second-order valence-electron chi connectivity index (χ2n) is 3.30. The quantitative estimate of drug-likeness (QED) is 0.768. The van der Waals surface area contributed by atoms with Crippen LogP contribution >= 0.6 is 0 Å². The Hall–Kier alpha value is -2.22. The first kappa shape index (κ1) is 12.8. The molecule has 0 saturated heterocycles. The van der Waals surface area contributed by atoms with Gasteiger partial charge in [0.25, 0.3) is 0 Å². The van der Waals surface area contributed by atoms with Crippen LogP contribution < -0.4 is 14.8 Å². The van der Waals surface area contributed by atoms with E-state index in [0.29, 0.717) is 24.5 Å². The van der Waals surface area contributed by atoms with E-state index in [-0.39, 0.29) is 0 Å². The molecular weight excluding hydrogens is 220 g/mol. The smallest absolute Gasteiger partial charge is 0.322 e. The van der Waals surface area contributed by atoms with Crippen LogP contribution in [0, 0.1) is 11.3 Å². The summed E-state index contributed by atoms with van der Waals surface area (Å²) in [5, 5.41) is 10.8. The Morgan fingerprint density at radius 1 is 1.41 bits per heavy atom. The number of hydrogen-bond donors (Lipinski definition) is 1. The number of rotatable bonds is 5. The number of nitrogens with one attached hydrogen (secondary N) is 1. The number of nitriles is 1. The molecule has 0 fully saturated rings. The number of nitrogens with zero attached hydrogens (tertiary/aromatic N) is 1. The molecule has 0 atom stereocenters. The topological polar surface area (TPSA) is 71.3 Å². The number of hydrogen-bond acceptors (Lipinski definition) is 4. The van der Waals surface area contributed by atoms with Crippen LogP contribution in [0.2, 0.25) is 0 Å². The fourth-order valence-electron chi connectivity index (χ4n) is 1.41. The molecule has 0 saturated carbocycles. The molecule has 5 nitrogen and oxygen atoms in total. The zero-order chi connectivity index (χ0) is 12.7. The molecule has 0 heterocycles. The van der Waals surface area contributed by atoms with E-state index in [1.807, 2.05) is 12.1 Å². The fourth-order valence-corrected chi connectivity index (χ4v) is 1.41. The minimum Gasteiger partial charge on any atom is -0.497 e. The summed E-state index contributed by atoms with van der Waals surface area (Å²) < 4.78 is 10.3. The second-order valence-corrected chi connectivity index (χ2v) is 3.30. The lowest BCUT2D eigenvalue weighted by Crippen LogP contribution is -2.23. The van der Waals surface area contributed by atoms with Gasteiger partial charge in [-0.25, -0.2) is 0 Å². The van der Waals surface area contributed by atoms with E-state index < -0.39 is 5.91 Å². The SMILES string of the molecule is COc1ccc(CCNC(=O)C#N)c(OC)c1. The largest absolute Gasteiger partial charge is 0.497 e. The van der Waals surface area contributed by atoms with Crippen molar-refractivity contribution in [1.29, 1.82) is 5.26 Å². The summed E-state index contributed by atoms with van der Waals surface area (Å²) in [6.45, 7) is 0.398. The molecule has 5 heteroatoms. The summed E-state index contributed by atoms with van der Waals surface area (Å²) in [5.41, 5.74) is 0.950. The molecule has 1 amide bonds. The summed E-state index contributed by atoms with van der Waals surface area (Å²) in [6.07, 6.45) is 0.598. The van der Waals surface area contributed by atoms with E-state index in [1.54, 1.807) is 20.3 Å². The Morgan fingerprint density at radius 3 is 2.76 bits per heavy atom. The predicted octanol–water partition coefficient (Wildman–Crippen LogP) is 0.886. The third-order valence-corrected chi connectivity index (χ3v) is 2.28. The highest BCUT2D eigenvalue weighted by Gasteiger charge is 2.05. The maximum Gasteiger partial charge on any atom is 0.322 e. The molecule has 0 aliphatic carbocycles. The Kier molecular flexibility index (Phi) is 4.82. The van der Waals surface area contributed by atoms with Crippen LogP contribution in [-0.4, -0.2) is 26.7 Å². The highest BCUT2D eigenvalue weighted by Crippen LogP contribution is 2.24. The molecule has 1 aromatic carbocycles. The van der Waals surface area contributed by atoms with E-state index in [0.717, 1.165) is 5.56 Å². The van der Waals surface area contributed by atoms with Crippen LogP contribution in [0.25, 0.3) is 0 Å². The van der Waals surface area contributed by atoms with Gasteiger partial charge in [0, 0.05) is 12.6 Å². The highest BCUT2D eigenvalue weighted by molar-refractivity contribution is 5.91. The lowest BCUT2D eigenvalue weighted by Gasteiger charge is -2.10. The second kappa shape index (κ2) is 6.38. The van der Waals surface area contributed by atoms with Gasteiger partial charge in [-0.15, -0.1) is 0 Å². The van der Waals surface area contributed by atoms with Crippen molar-refractivity contribution < 1.29 is 14.3 Å². The van der Waals surface area contributed by atoms with Gasteiger partial charge in [0.05, 0.1) is 14.2 Å². The Balaban J connectivity index is 2.65. The molecule has 90 valence electrons. The van der Waals surface area contributed by atoms with Gasteiger partial charge in [-0.2, -0.15) is 5.26 Å². The van der Waals surface area contributed by atoms with E-state index in [9.17, 15) is 4.79 Å². The molecule has 0 aliphatic heterocycles. The molecular formula is C12H14N2O3. The average Bonchev–Trinajstić information content (AvgIpc) is 2.38. The molecule has 0 unspecified atom stereocenters. The average molecular weight is 234 g/mol. The summed E-state index contributed by atoms with van der Waals surface area (Å²) in [6, 6.07) is 6.97. The lowest BCUT2D eigenvalue weighted by atomic mass is 10.1. The number of carbonyl (C=O) groups is 1. The normalized spacial score (nSPS) is 9.24. The van der Waals surface area contributed by atoms with Crippen LogP contribution in [0.5, 0.6) is 11.5 Å². The van der Waals surface area contributed by atoms with Crippen molar-refractivity contribution in [2.24, 2.45) is 0 Å². The molecule has 0 aliphatic rings. The highest BCUT2D eigenvalue weighted by atomic mass is 16.5. The Morgan fingerprint density at radius 2 is 2.18 bits per heavy atom. The number of methoxy groups -OCH3 is 2. The Labute approximate surface area is 100.0 Å². The first-order valence-corrected chi connectivity index (χ1v) is 5.10. The van der Waals surface area contributed by atoms with E-state index in [2.05, 4.69) is 5.32 Å². The van der Waals surface area contributed by atoms with Crippen molar-refractivity contribution in [3.63, 3.8) is 0 Å². The fraction of sp³-hybridized carbons (Fsp3) is 0.333. The molecule has 17 heavy (non-hydrogen) atoms. The van der Waals surface area contributed by atoms with Gasteiger partial charge in [-0.1, -0.05) is 6.07 Å². The van der Waals surface area contributed by atoms with Gasteiger partial charge in [-0.3, -0.25) is 4.79 Å². The van der Waals surface area contributed by atoms with Gasteiger partial charge in [0.2, 0.25) is 0 Å². The minimum atomic E-state index is -0.627. The Bertz CT molecular complexity index is 438. The van der Waals surface area contributed by atoms with E-state index >= 15 is 0 Å². The standard InChI is InChI=1S/C12H14N2O3/c1-16-10-4-3-9(11(7-10)17-2)5-6-14-12(15)8-13/h3-4,7H,5-6H2,1-2H3,(H,14,15). The molecule has 1 N–H and O–H groups in total. The lowest BCUT2D eigenvalue weighted by molar-refractivity contribution is -0.115. The number of carbonyl (C=O) groups excluding carboxylic acids is 1. The van der Waals surface area contributed by atoms with E-state index in [4.69, 9.17) is 14.7 Å². The molecule has 1 aromatic rings. The summed E-state index contributed by atoms with van der Waals surface area (Å²) in [5.74, 6) is 0.791. The molecule has 0 aromatic heterocycles. The van der Waals surface area contributed by atoms with Crippen molar-refractivity contribution in [3.8, 4) is 17.6 Å². The molecule has 1 rings (SSSR count). The van der Waals surface area contributed by atoms with Crippen molar-refractivity contribution >= 4 is 5.91 Å². The van der Waals surface area contributed by atoms with Crippen molar-refractivity contribution in [2.75, 3.05) is 20.8 Å². The van der Waals surface area contributed by atoms with Crippen molar-refractivity contribution in [2.45, 2.75) is 6.42 Å². The zero-order valence-electron chi connectivity index (χ0n) is 9.82. The third kappa shape index (κ3) is 3.68. The van der Waals surface area contributed by atoms with Crippen LogP contribution in [0.3, 0.4) is 0 Å². The van der Waals surface area contributed by atoms with Gasteiger partial charge >= 0.3 is 5.91 Å². The minimum absolute atomic E-state index is 0.398. The van der Waals surface area contributed by atoms with Crippen LogP contribution in [0.4, 0.5) is 0 Å². The van der Waals surface area contributed by atoms with Crippen molar-refractivity contribution in [1.82, 2.24) is 5.32 Å². The van der Waals surface area contributed by atoms with Gasteiger partial charge in [-0.05, 0) is 18.1 Å². The number of ether oxygens (including phenoxy) is 2. The zero-order valence-corrected chi connectivity index (χ0v) is 9.82. The van der Waals surface area contributed by atoms with Gasteiger partial charge in [0.1, 0.15) is 11.5 Å². The number of amides is 1. The number of benzene rings is 1. The molecule has 0 spiro atoms. The first-order chi connectivity index (χ1) is 8.21. The first-order valence-electron chi connectivity index (χ1n) is 5.10. The van der Waals surface area contributed by atoms with Crippen molar-refractivity contribution in [3.05, 3.63) is 23.8 Å². The van der Waals surface area contributed by atoms with Gasteiger partial charge < -0.3 is 14.8 Å². The van der Waals surface area contributed by atoms with Crippen LogP contribution in [0.15, 0.2) is 18.2 Å². The summed E-state index contributed by atoms with van der Waals surface area (Å²) in [7, 11) is 3.16. The molecule has 0 radical (unpaired) electrons. The van der Waals surface area contributed by atoms with Gasteiger partial charge in [0.15, 0.2) is 6.07 Å². The van der Waals surface area contributed by atoms with E-state index in [1.165, 1.54) is 6.07 Å². The monoisotopic (exact) mass is 234 g/mol. The predicted molar refractivity (Wildman–Crippen MR) is 61.9 cm³/mol.